The molecule has 0 aliphatic heterocycles. The van der Waals surface area contributed by atoms with Crippen LogP contribution >= 0.6 is 7.82 Å². The van der Waals surface area contributed by atoms with Crippen LogP contribution in [-0.4, -0.2) is 68.5 Å². The van der Waals surface area contributed by atoms with Gasteiger partial charge >= 0.3 is 7.82 Å². The highest BCUT2D eigenvalue weighted by Gasteiger charge is 2.32. The van der Waals surface area contributed by atoms with Crippen molar-refractivity contribution in [3.8, 4) is 0 Å². The molecule has 9 heteroatoms. The van der Waals surface area contributed by atoms with Crippen molar-refractivity contribution in [2.45, 2.75) is 110 Å². The minimum Gasteiger partial charge on any atom is -0.374 e. The van der Waals surface area contributed by atoms with Crippen molar-refractivity contribution in [1.82, 2.24) is 5.32 Å². The van der Waals surface area contributed by atoms with Crippen LogP contribution in [0.1, 0.15) is 97.8 Å². The van der Waals surface area contributed by atoms with Gasteiger partial charge < -0.3 is 19.4 Å². The van der Waals surface area contributed by atoms with Crippen molar-refractivity contribution < 1.29 is 32.5 Å². The molecule has 0 saturated carbocycles. The minimum atomic E-state index is -4.35. The Hall–Kier alpha value is -0.500. The Morgan fingerprint density at radius 2 is 1.45 bits per heavy atom. The molecule has 0 saturated heterocycles. The van der Waals surface area contributed by atoms with Crippen molar-refractivity contribution in [2.24, 2.45) is 0 Å². The normalized spacial score (nSPS) is 15.7. The first-order chi connectivity index (χ1) is 15.5. The molecule has 0 heterocycles. The summed E-state index contributed by atoms with van der Waals surface area (Å²) in [6, 6.07) is 0. The number of phosphoric ester groups is 1. The molecule has 8 nitrogen and oxygen atoms in total. The van der Waals surface area contributed by atoms with Gasteiger partial charge in [0.05, 0.1) is 27.2 Å². The fourth-order valence-electron chi connectivity index (χ4n) is 3.19. The van der Waals surface area contributed by atoms with E-state index in [1.807, 2.05) is 21.1 Å². The molecule has 0 aromatic rings. The molecule has 0 bridgehead atoms. The van der Waals surface area contributed by atoms with Crippen LogP contribution in [0.5, 0.6) is 0 Å². The predicted octanol–water partition coefficient (Wildman–Crippen LogP) is 5.39. The van der Waals surface area contributed by atoms with Gasteiger partial charge in [0.1, 0.15) is 13.2 Å². The van der Waals surface area contributed by atoms with Crippen LogP contribution in [0.25, 0.3) is 0 Å². The summed E-state index contributed by atoms with van der Waals surface area (Å²) in [6.45, 7) is 7.20. The molecule has 33 heavy (non-hydrogen) atoms. The average Bonchev–Trinajstić information content (AvgIpc) is 2.71. The fraction of sp³-hybridized carbons (Fsp3) is 0.958. The van der Waals surface area contributed by atoms with Crippen LogP contribution in [0.4, 0.5) is 0 Å². The second kappa shape index (κ2) is 18.8. The van der Waals surface area contributed by atoms with Crippen LogP contribution in [0.15, 0.2) is 0 Å². The smallest absolute Gasteiger partial charge is 0.374 e. The number of phosphoric acid groups is 1. The van der Waals surface area contributed by atoms with Crippen LogP contribution in [0, 0.1) is 0 Å². The summed E-state index contributed by atoms with van der Waals surface area (Å²) in [5.41, 5.74) is 0. The molecule has 1 amide bonds. The summed E-state index contributed by atoms with van der Waals surface area (Å²) >= 11 is 0. The van der Waals surface area contributed by atoms with Crippen molar-refractivity contribution in [3.63, 3.8) is 0 Å². The SMILES string of the molecule is CCCCCCCCCC(=O)NC(OP(=O)(O)OCC[N+](C)(C)C)C(C)OCCCCCC. The first-order valence-corrected chi connectivity index (χ1v) is 14.4. The lowest BCUT2D eigenvalue weighted by Gasteiger charge is -2.28. The van der Waals surface area contributed by atoms with E-state index in [2.05, 4.69) is 19.2 Å². The Balaban J connectivity index is 4.69. The Kier molecular flexibility index (Phi) is 18.5. The monoisotopic (exact) mass is 495 g/mol. The molecule has 0 rings (SSSR count). The minimum absolute atomic E-state index is 0.0717. The van der Waals surface area contributed by atoms with Gasteiger partial charge in [0, 0.05) is 13.0 Å². The van der Waals surface area contributed by atoms with Crippen LogP contribution < -0.4 is 5.32 Å². The largest absolute Gasteiger partial charge is 0.474 e. The van der Waals surface area contributed by atoms with Crippen molar-refractivity contribution in [2.75, 3.05) is 40.9 Å². The Bertz CT molecular complexity index is 542. The molecule has 3 atom stereocenters. The van der Waals surface area contributed by atoms with Crippen LogP contribution in [0.2, 0.25) is 0 Å². The maximum Gasteiger partial charge on any atom is 0.474 e. The molecule has 0 radical (unpaired) electrons. The van der Waals surface area contributed by atoms with Gasteiger partial charge in [-0.15, -0.1) is 0 Å². The number of nitrogens with one attached hydrogen (secondary N) is 1. The van der Waals surface area contributed by atoms with Gasteiger partial charge in [0.15, 0.2) is 6.23 Å². The molecule has 0 aliphatic rings. The number of carbonyl (C=O) groups excluding carboxylic acids is 1. The van der Waals surface area contributed by atoms with E-state index < -0.39 is 20.2 Å². The van der Waals surface area contributed by atoms with E-state index in [0.29, 0.717) is 24.1 Å². The number of quaternary nitrogens is 1. The lowest BCUT2D eigenvalue weighted by Crippen LogP contribution is -2.45. The first kappa shape index (κ1) is 32.5. The summed E-state index contributed by atoms with van der Waals surface area (Å²) in [4.78, 5) is 22.7. The lowest BCUT2D eigenvalue weighted by molar-refractivity contribution is -0.870. The summed E-state index contributed by atoms with van der Waals surface area (Å²) < 4.78 is 29.4. The second-order valence-corrected chi connectivity index (χ2v) is 11.3. The zero-order valence-electron chi connectivity index (χ0n) is 22.1. The van der Waals surface area contributed by atoms with E-state index in [4.69, 9.17) is 13.8 Å². The van der Waals surface area contributed by atoms with Gasteiger partial charge in [-0.2, -0.15) is 0 Å². The molecule has 2 N–H and O–H groups in total. The van der Waals surface area contributed by atoms with E-state index in [-0.39, 0.29) is 12.5 Å². The number of hydrogen-bond donors (Lipinski definition) is 2. The predicted molar refractivity (Wildman–Crippen MR) is 134 cm³/mol. The number of amides is 1. The van der Waals surface area contributed by atoms with Gasteiger partial charge in [-0.25, -0.2) is 4.57 Å². The maximum absolute atomic E-state index is 12.5. The van der Waals surface area contributed by atoms with Gasteiger partial charge in [0.25, 0.3) is 0 Å². The van der Waals surface area contributed by atoms with E-state index in [9.17, 15) is 14.3 Å². The van der Waals surface area contributed by atoms with Gasteiger partial charge in [-0.1, -0.05) is 71.6 Å². The summed E-state index contributed by atoms with van der Waals surface area (Å²) in [5.74, 6) is -0.207. The topological polar surface area (TPSA) is 94.1 Å². The van der Waals surface area contributed by atoms with Crippen molar-refractivity contribution in [3.05, 3.63) is 0 Å². The third-order valence-corrected chi connectivity index (χ3v) is 6.38. The molecule has 0 aliphatic carbocycles. The third kappa shape index (κ3) is 20.6. The molecular weight excluding hydrogens is 443 g/mol. The zero-order valence-corrected chi connectivity index (χ0v) is 23.0. The summed E-state index contributed by atoms with van der Waals surface area (Å²) in [7, 11) is 1.55. The van der Waals surface area contributed by atoms with Gasteiger partial charge in [-0.3, -0.25) is 13.8 Å². The van der Waals surface area contributed by atoms with Gasteiger partial charge in [0.2, 0.25) is 5.91 Å². The van der Waals surface area contributed by atoms with E-state index in [1.165, 1.54) is 25.7 Å². The highest BCUT2D eigenvalue weighted by molar-refractivity contribution is 7.47. The number of carbonyl (C=O) groups is 1. The van der Waals surface area contributed by atoms with E-state index >= 15 is 0 Å². The summed E-state index contributed by atoms with van der Waals surface area (Å²) in [5, 5.41) is 2.74. The molecule has 0 fully saturated rings. The van der Waals surface area contributed by atoms with E-state index in [1.54, 1.807) is 6.92 Å². The van der Waals surface area contributed by atoms with E-state index in [0.717, 1.165) is 44.9 Å². The van der Waals surface area contributed by atoms with Gasteiger partial charge in [-0.05, 0) is 19.8 Å². The lowest BCUT2D eigenvalue weighted by atomic mass is 10.1. The van der Waals surface area contributed by atoms with Crippen LogP contribution in [-0.2, 0) is 23.1 Å². The fourth-order valence-corrected chi connectivity index (χ4v) is 4.08. The first-order valence-electron chi connectivity index (χ1n) is 12.9. The molecule has 0 aromatic heterocycles. The number of nitrogens with zero attached hydrogens (tertiary/aromatic N) is 1. The third-order valence-electron chi connectivity index (χ3n) is 5.38. The zero-order chi connectivity index (χ0) is 25.2. The number of rotatable bonds is 22. The number of likely N-dealkylation sites (N-methyl/N-ethyl adjacent to an activating group) is 1. The summed E-state index contributed by atoms with van der Waals surface area (Å²) in [6.07, 6.45) is 10.8. The van der Waals surface area contributed by atoms with Crippen molar-refractivity contribution in [1.29, 1.82) is 0 Å². The molecule has 0 spiro atoms. The highest BCUT2D eigenvalue weighted by Crippen LogP contribution is 2.44. The molecular formula is C24H52N2O6P+. The molecule has 198 valence electrons. The molecule has 3 unspecified atom stereocenters. The average molecular weight is 496 g/mol. The second-order valence-electron chi connectivity index (χ2n) is 9.92. The van der Waals surface area contributed by atoms with Crippen molar-refractivity contribution >= 4 is 13.7 Å². The molecule has 0 aromatic carbocycles. The Morgan fingerprint density at radius 1 is 0.909 bits per heavy atom. The highest BCUT2D eigenvalue weighted by atomic mass is 31.2. The quantitative estimate of drug-likeness (QED) is 0.0905. The standard InChI is InChI=1S/C24H51N2O6P/c1-7-9-11-13-14-15-16-18-23(27)25-24(22(3)30-20-17-12-10-8-2)32-33(28,29)31-21-19-26(4,5)6/h22,24H,7-21H2,1-6H3,(H-,25,27,28,29)/p+1. The Morgan fingerprint density at radius 3 is 2.03 bits per heavy atom. The number of ether oxygens (including phenoxy) is 1. The maximum atomic E-state index is 12.5. The number of unbranched alkanes of at least 4 members (excludes halogenated alkanes) is 9. The number of hydrogen-bond acceptors (Lipinski definition) is 5. The van der Waals surface area contributed by atoms with Crippen LogP contribution in [0.3, 0.4) is 0 Å². The Labute approximate surface area is 202 Å².